The summed E-state index contributed by atoms with van der Waals surface area (Å²) in [4.78, 5) is 11.8. The van der Waals surface area contributed by atoms with Gasteiger partial charge in [-0.15, -0.1) is 0 Å². The molecule has 1 aromatic rings. The van der Waals surface area contributed by atoms with Crippen molar-refractivity contribution in [3.63, 3.8) is 0 Å². The summed E-state index contributed by atoms with van der Waals surface area (Å²) in [6.45, 7) is 0. The summed E-state index contributed by atoms with van der Waals surface area (Å²) in [6, 6.07) is 5.66. The minimum absolute atomic E-state index is 0.338. The van der Waals surface area contributed by atoms with Crippen LogP contribution in [0.4, 0.5) is 0 Å². The molecule has 142 valence electrons. The maximum atomic E-state index is 11.8. The maximum Gasteiger partial charge on any atom is 0.373 e. The number of carbonyl (C=O) groups is 1. The van der Waals surface area contributed by atoms with Crippen molar-refractivity contribution < 1.29 is 19.4 Å². The predicted molar refractivity (Wildman–Crippen MR) is 99.4 cm³/mol. The molecule has 4 rings (SSSR count). The Hall–Kier alpha value is -1.26. The van der Waals surface area contributed by atoms with Crippen LogP contribution in [0.5, 0.6) is 5.75 Å². The van der Waals surface area contributed by atoms with E-state index in [0.717, 1.165) is 31.2 Å². The molecule has 2 saturated carbocycles. The Bertz CT molecular complexity index is 644. The van der Waals surface area contributed by atoms with Gasteiger partial charge in [0.25, 0.3) is 6.29 Å². The van der Waals surface area contributed by atoms with Crippen LogP contribution in [0.2, 0.25) is 5.02 Å². The van der Waals surface area contributed by atoms with Crippen LogP contribution in [0.3, 0.4) is 0 Å². The normalized spacial score (nSPS) is 26.7. The molecule has 0 bridgehead atoms. The van der Waals surface area contributed by atoms with E-state index in [4.69, 9.17) is 21.1 Å². The molecular formula is C21H27ClO4. The highest BCUT2D eigenvalue weighted by molar-refractivity contribution is 6.30. The lowest BCUT2D eigenvalue weighted by Crippen LogP contribution is -2.54. The van der Waals surface area contributed by atoms with Crippen molar-refractivity contribution in [2.24, 2.45) is 11.8 Å². The monoisotopic (exact) mass is 378 g/mol. The lowest BCUT2D eigenvalue weighted by Gasteiger charge is -2.52. The van der Waals surface area contributed by atoms with E-state index < -0.39 is 17.9 Å². The number of halogens is 1. The molecule has 5 heteroatoms. The molecular weight excluding hydrogens is 352 g/mol. The number of hydrogen-bond acceptors (Lipinski definition) is 3. The lowest BCUT2D eigenvalue weighted by atomic mass is 9.63. The number of carboxylic acids is 1. The van der Waals surface area contributed by atoms with Crippen molar-refractivity contribution in [1.82, 2.24) is 0 Å². The van der Waals surface area contributed by atoms with Crippen molar-refractivity contribution in [1.29, 1.82) is 0 Å². The van der Waals surface area contributed by atoms with Crippen molar-refractivity contribution in [3.05, 3.63) is 28.8 Å². The zero-order valence-corrected chi connectivity index (χ0v) is 15.8. The molecule has 1 aliphatic heterocycles. The Morgan fingerprint density at radius 1 is 1.00 bits per heavy atom. The number of hydrogen-bond donors (Lipinski definition) is 1. The number of aliphatic carboxylic acids is 1. The summed E-state index contributed by atoms with van der Waals surface area (Å²) in [7, 11) is 0. The smallest absolute Gasteiger partial charge is 0.373 e. The molecule has 0 unspecified atom stereocenters. The number of carboxylic acid groups (broad SMARTS) is 1. The molecule has 4 nitrogen and oxygen atoms in total. The second kappa shape index (κ2) is 7.40. The number of ether oxygens (including phenoxy) is 2. The maximum absolute atomic E-state index is 11.8. The van der Waals surface area contributed by atoms with Crippen LogP contribution in [0, 0.1) is 11.8 Å². The van der Waals surface area contributed by atoms with Gasteiger partial charge in [0.15, 0.2) is 0 Å². The Morgan fingerprint density at radius 2 is 1.58 bits per heavy atom. The van der Waals surface area contributed by atoms with Crippen LogP contribution in [0.1, 0.15) is 69.8 Å². The first-order valence-electron chi connectivity index (χ1n) is 9.98. The fourth-order valence-corrected chi connectivity index (χ4v) is 5.59. The van der Waals surface area contributed by atoms with Crippen LogP contribution < -0.4 is 4.74 Å². The van der Waals surface area contributed by atoms with Gasteiger partial charge in [0, 0.05) is 10.6 Å². The van der Waals surface area contributed by atoms with Crippen molar-refractivity contribution in [3.8, 4) is 5.75 Å². The van der Waals surface area contributed by atoms with Crippen molar-refractivity contribution in [2.45, 2.75) is 76.1 Å². The van der Waals surface area contributed by atoms with E-state index in [1.54, 1.807) is 6.07 Å². The van der Waals surface area contributed by atoms with Gasteiger partial charge in [-0.05, 0) is 49.7 Å². The van der Waals surface area contributed by atoms with E-state index in [-0.39, 0.29) is 0 Å². The molecule has 1 N–H and O–H groups in total. The quantitative estimate of drug-likeness (QED) is 0.752. The summed E-state index contributed by atoms with van der Waals surface area (Å²) in [6.07, 6.45) is 10.3. The first kappa shape index (κ1) is 18.1. The summed E-state index contributed by atoms with van der Waals surface area (Å²) in [5, 5.41) is 10.2. The van der Waals surface area contributed by atoms with Gasteiger partial charge in [0.1, 0.15) is 11.4 Å². The topological polar surface area (TPSA) is 55.8 Å². The van der Waals surface area contributed by atoms with Crippen LogP contribution in [-0.4, -0.2) is 17.4 Å². The summed E-state index contributed by atoms with van der Waals surface area (Å²) >= 11 is 6.20. The van der Waals surface area contributed by atoms with Crippen molar-refractivity contribution >= 4 is 17.6 Å². The highest BCUT2D eigenvalue weighted by Crippen LogP contribution is 2.56. The van der Waals surface area contributed by atoms with Gasteiger partial charge in [-0.1, -0.05) is 56.2 Å². The summed E-state index contributed by atoms with van der Waals surface area (Å²) in [5.41, 5.74) is 0.445. The predicted octanol–water partition coefficient (Wildman–Crippen LogP) is 5.52. The van der Waals surface area contributed by atoms with Gasteiger partial charge >= 0.3 is 5.97 Å². The van der Waals surface area contributed by atoms with E-state index in [1.807, 2.05) is 12.1 Å². The van der Waals surface area contributed by atoms with Gasteiger partial charge in [0.2, 0.25) is 0 Å². The van der Waals surface area contributed by atoms with E-state index in [1.165, 1.54) is 38.5 Å². The summed E-state index contributed by atoms with van der Waals surface area (Å²) < 4.78 is 12.1. The second-order valence-corrected chi connectivity index (χ2v) is 8.45. The van der Waals surface area contributed by atoms with Crippen LogP contribution in [0.25, 0.3) is 0 Å². The van der Waals surface area contributed by atoms with Gasteiger partial charge in [-0.25, -0.2) is 4.79 Å². The molecule has 1 aromatic carbocycles. The molecule has 2 aliphatic carbocycles. The fourth-order valence-electron chi connectivity index (χ4n) is 5.43. The first-order valence-corrected chi connectivity index (χ1v) is 10.4. The van der Waals surface area contributed by atoms with Crippen LogP contribution in [0.15, 0.2) is 18.2 Å². The SMILES string of the molecule is O=C(O)[C@@H]1Oc2cc(Cl)ccc2C(C2CCCCC2)(C2CCCCC2)O1. The highest BCUT2D eigenvalue weighted by atomic mass is 35.5. The highest BCUT2D eigenvalue weighted by Gasteiger charge is 2.54. The third-order valence-corrected chi connectivity index (χ3v) is 6.76. The van der Waals surface area contributed by atoms with Crippen LogP contribution >= 0.6 is 11.6 Å². The first-order chi connectivity index (χ1) is 12.6. The van der Waals surface area contributed by atoms with Gasteiger partial charge in [-0.3, -0.25) is 0 Å². The molecule has 0 aromatic heterocycles. The molecule has 1 atom stereocenters. The Kier molecular flexibility index (Phi) is 5.15. The molecule has 0 saturated heterocycles. The van der Waals surface area contributed by atoms with Crippen molar-refractivity contribution in [2.75, 3.05) is 0 Å². The minimum atomic E-state index is -1.26. The third kappa shape index (κ3) is 3.11. The van der Waals surface area contributed by atoms with E-state index in [9.17, 15) is 9.90 Å². The molecule has 1 heterocycles. The average molecular weight is 379 g/mol. The van der Waals surface area contributed by atoms with E-state index in [2.05, 4.69) is 0 Å². The second-order valence-electron chi connectivity index (χ2n) is 8.01. The summed E-state index contributed by atoms with van der Waals surface area (Å²) in [5.74, 6) is 0.203. The molecule has 0 spiro atoms. The molecule has 26 heavy (non-hydrogen) atoms. The van der Waals surface area contributed by atoms with E-state index >= 15 is 0 Å². The van der Waals surface area contributed by atoms with Gasteiger partial charge < -0.3 is 14.6 Å². The average Bonchev–Trinajstić information content (AvgIpc) is 2.68. The Labute approximate surface area is 159 Å². The lowest BCUT2D eigenvalue weighted by molar-refractivity contribution is -0.252. The number of benzene rings is 1. The van der Waals surface area contributed by atoms with Gasteiger partial charge in [-0.2, -0.15) is 0 Å². The van der Waals surface area contributed by atoms with Gasteiger partial charge in [0.05, 0.1) is 0 Å². The standard InChI is InChI=1S/C21H27ClO4/c22-16-11-12-17-18(13-16)25-20(19(23)24)26-21(17,14-7-3-1-4-8-14)15-9-5-2-6-10-15/h11-15,20H,1-10H2,(H,23,24)/t20-/m1/s1. The van der Waals surface area contributed by atoms with Crippen LogP contribution in [-0.2, 0) is 15.1 Å². The molecule has 0 radical (unpaired) electrons. The Morgan fingerprint density at radius 3 is 2.12 bits per heavy atom. The number of fused-ring (bicyclic) bond motifs is 1. The van der Waals surface area contributed by atoms with E-state index in [0.29, 0.717) is 22.6 Å². The largest absolute Gasteiger partial charge is 0.477 e. The molecule has 3 aliphatic rings. The Balaban J connectivity index is 1.85. The minimum Gasteiger partial charge on any atom is -0.477 e. The zero-order chi connectivity index (χ0) is 18.1. The fraction of sp³-hybridized carbons (Fsp3) is 0.667. The molecule has 2 fully saturated rings. The zero-order valence-electron chi connectivity index (χ0n) is 15.1. The molecule has 0 amide bonds. The number of rotatable bonds is 3. The third-order valence-electron chi connectivity index (χ3n) is 6.53.